The number of ether oxygens (including phenoxy) is 1. The van der Waals surface area contributed by atoms with E-state index in [0.717, 1.165) is 30.5 Å². The van der Waals surface area contributed by atoms with Crippen molar-refractivity contribution in [3.63, 3.8) is 0 Å². The number of methoxy groups -OCH3 is 1. The standard InChI is InChI=1S/C28H22O10S2.C13H8F2O7S2.C13H10O3.3CH4/c1-35-23-11-3-19(4-12-23)27(29)21-7-15-25(16-8-21)37-40(33,34)38-26-17-9-22(10-18-26)28(30)20-5-13-24(14-6-20)36-39(2,31)32;14-23(17,18)21-11-5-1-9(2-6-11)13(16)10-3-7-12(8-4-10)22-24(15,19)20;14-11-5-1-9(2-6-11)13(16)10-3-7-12(15)8-4-10;;;/h3-18H,1-2H3;1-8H;1-8,14-15H;3*1H4. The molecule has 0 aromatic heterocycles. The van der Waals surface area contributed by atoms with E-state index in [4.69, 9.17) is 27.5 Å². The zero-order valence-electron chi connectivity index (χ0n) is 41.1. The van der Waals surface area contributed by atoms with Crippen LogP contribution in [-0.4, -0.2) is 80.4 Å². The molecule has 0 heterocycles. The minimum absolute atomic E-state index is 0. The average Bonchev–Trinajstić information content (AvgIpc) is 3.42. The molecule has 0 aliphatic heterocycles. The maximum Gasteiger partial charge on any atom is 0.500 e. The van der Waals surface area contributed by atoms with Crippen molar-refractivity contribution >= 4 is 64.7 Å². The van der Waals surface area contributed by atoms with Crippen LogP contribution in [0.15, 0.2) is 194 Å². The Morgan fingerprint density at radius 2 is 0.494 bits per heavy atom. The van der Waals surface area contributed by atoms with Crippen LogP contribution >= 0.6 is 0 Å². The lowest BCUT2D eigenvalue weighted by Gasteiger charge is -2.09. The van der Waals surface area contributed by atoms with Gasteiger partial charge in [0, 0.05) is 44.5 Å². The number of phenols is 2. The van der Waals surface area contributed by atoms with Gasteiger partial charge in [-0.2, -0.15) is 25.3 Å². The van der Waals surface area contributed by atoms with Gasteiger partial charge in [-0.05, 0) is 194 Å². The molecule has 83 heavy (non-hydrogen) atoms. The number of benzene rings is 8. The third-order valence-electron chi connectivity index (χ3n) is 10.2. The molecule has 438 valence electrons. The highest BCUT2D eigenvalue weighted by atomic mass is 32.3. The molecule has 0 fully saturated rings. The average molecular weight is 1220 g/mol. The highest BCUT2D eigenvalue weighted by Gasteiger charge is 2.19. The van der Waals surface area contributed by atoms with Crippen molar-refractivity contribution in [2.75, 3.05) is 13.4 Å². The molecule has 0 radical (unpaired) electrons. The molecule has 0 spiro atoms. The van der Waals surface area contributed by atoms with E-state index < -0.39 is 47.3 Å². The molecule has 8 aromatic carbocycles. The molecule has 0 saturated heterocycles. The molecule has 0 aliphatic carbocycles. The molecule has 0 aliphatic rings. The monoisotopic (exact) mass is 1220 g/mol. The van der Waals surface area contributed by atoms with Gasteiger partial charge in [-0.15, -0.1) is 8.42 Å². The van der Waals surface area contributed by atoms with Crippen molar-refractivity contribution < 1.29 is 96.5 Å². The molecule has 26 heteroatoms. The molecule has 0 amide bonds. The Balaban J connectivity index is 0.000000356. The van der Waals surface area contributed by atoms with E-state index in [1.165, 1.54) is 128 Å². The summed E-state index contributed by atoms with van der Waals surface area (Å²) in [5.41, 5.74) is 2.53. The largest absolute Gasteiger partial charge is 0.508 e. The highest BCUT2D eigenvalue weighted by molar-refractivity contribution is 7.86. The number of ketones is 4. The maximum atomic E-state index is 12.7. The number of carbonyl (C=O) groups excluding carboxylic acids is 4. The number of halogens is 2. The zero-order valence-corrected chi connectivity index (χ0v) is 44.4. The van der Waals surface area contributed by atoms with Crippen LogP contribution in [0.3, 0.4) is 0 Å². The summed E-state index contributed by atoms with van der Waals surface area (Å²) in [6, 6.07) is 44.1. The van der Waals surface area contributed by atoms with Gasteiger partial charge in [0.1, 0.15) is 46.0 Å². The Morgan fingerprint density at radius 1 is 0.313 bits per heavy atom. The molecule has 0 atom stereocenters. The third kappa shape index (κ3) is 21.5. The van der Waals surface area contributed by atoms with Crippen molar-refractivity contribution in [1.82, 2.24) is 0 Å². The van der Waals surface area contributed by atoms with Crippen LogP contribution in [0.2, 0.25) is 0 Å². The Morgan fingerprint density at radius 3 is 0.687 bits per heavy atom. The zero-order chi connectivity index (χ0) is 58.4. The Bertz CT molecular complexity index is 3830. The Kier molecular flexibility index (Phi) is 23.9. The molecule has 2 N–H and O–H groups in total. The summed E-state index contributed by atoms with van der Waals surface area (Å²) in [4.78, 5) is 49.4. The number of aromatic hydroxyl groups is 2. The van der Waals surface area contributed by atoms with E-state index in [1.54, 1.807) is 48.5 Å². The van der Waals surface area contributed by atoms with Gasteiger partial charge in [0.2, 0.25) is 0 Å². The van der Waals surface area contributed by atoms with Crippen molar-refractivity contribution in [2.45, 2.75) is 22.3 Å². The van der Waals surface area contributed by atoms with Crippen molar-refractivity contribution in [3.05, 3.63) is 239 Å². The summed E-state index contributed by atoms with van der Waals surface area (Å²) in [6.45, 7) is 0. The predicted molar refractivity (Wildman–Crippen MR) is 302 cm³/mol. The van der Waals surface area contributed by atoms with E-state index in [-0.39, 0.29) is 102 Å². The molecule has 8 aromatic rings. The van der Waals surface area contributed by atoms with E-state index in [1.807, 2.05) is 0 Å². The molecule has 20 nitrogen and oxygen atoms in total. The fraction of sp³-hybridized carbons (Fsp3) is 0.0877. The van der Waals surface area contributed by atoms with Gasteiger partial charge in [0.05, 0.1) is 13.4 Å². The second-order valence-electron chi connectivity index (χ2n) is 16.1. The summed E-state index contributed by atoms with van der Waals surface area (Å²) >= 11 is 0. The summed E-state index contributed by atoms with van der Waals surface area (Å²) in [5, 5.41) is 18.2. The van der Waals surface area contributed by atoms with E-state index in [2.05, 4.69) is 8.37 Å². The van der Waals surface area contributed by atoms with Crippen molar-refractivity contribution in [1.29, 1.82) is 0 Å². The smallest absolute Gasteiger partial charge is 0.500 e. The minimum Gasteiger partial charge on any atom is -0.508 e. The predicted octanol–water partition coefficient (Wildman–Crippen LogP) is 10.5. The van der Waals surface area contributed by atoms with Gasteiger partial charge >= 0.3 is 41.5 Å². The maximum absolute atomic E-state index is 12.7. The number of phenolic OH excluding ortho intramolecular Hbond substituents is 2. The second-order valence-corrected chi connectivity index (χ2v) is 20.7. The first-order valence-corrected chi connectivity index (χ1v) is 28.1. The van der Waals surface area contributed by atoms with Crippen molar-refractivity contribution in [2.24, 2.45) is 0 Å². The van der Waals surface area contributed by atoms with E-state index in [9.17, 15) is 60.6 Å². The topological polar surface area (TPSA) is 301 Å². The highest BCUT2D eigenvalue weighted by Crippen LogP contribution is 2.25. The fourth-order valence-electron chi connectivity index (χ4n) is 6.60. The minimum atomic E-state index is -5.16. The summed E-state index contributed by atoms with van der Waals surface area (Å²) in [5.74, 6) is -1.16. The van der Waals surface area contributed by atoms with Crippen LogP contribution in [-0.2, 0) is 41.5 Å². The normalized spacial score (nSPS) is 10.8. The Hall–Kier alpha value is -9.50. The van der Waals surface area contributed by atoms with Crippen molar-refractivity contribution in [3.8, 4) is 46.0 Å². The fourth-order valence-corrected chi connectivity index (χ4v) is 8.47. The number of rotatable bonds is 19. The van der Waals surface area contributed by atoms with Gasteiger partial charge in [0.25, 0.3) is 0 Å². The van der Waals surface area contributed by atoms with Crippen LogP contribution in [0.1, 0.15) is 86.0 Å². The number of carbonyl (C=O) groups is 4. The molecular weight excluding hydrogens is 1170 g/mol. The molecular formula is C57H52F2O20S4. The van der Waals surface area contributed by atoms with Crippen LogP contribution in [0.5, 0.6) is 46.0 Å². The first kappa shape index (κ1) is 67.8. The first-order valence-electron chi connectivity index (χ1n) is 22.4. The summed E-state index contributed by atoms with van der Waals surface area (Å²) in [6.07, 6.45) is 0.907. The molecule has 0 bridgehead atoms. The number of hydrogen-bond acceptors (Lipinski definition) is 20. The van der Waals surface area contributed by atoms with Crippen LogP contribution in [0.25, 0.3) is 0 Å². The molecule has 0 unspecified atom stereocenters. The van der Waals surface area contributed by atoms with Gasteiger partial charge < -0.3 is 35.9 Å². The van der Waals surface area contributed by atoms with Gasteiger partial charge in [-0.1, -0.05) is 30.1 Å². The third-order valence-corrected chi connectivity index (χ3v) is 12.3. The lowest BCUT2D eigenvalue weighted by atomic mass is 10.0. The summed E-state index contributed by atoms with van der Waals surface area (Å²) < 4.78 is 141. The van der Waals surface area contributed by atoms with Gasteiger partial charge in [-0.3, -0.25) is 19.2 Å². The van der Waals surface area contributed by atoms with Gasteiger partial charge in [-0.25, -0.2) is 0 Å². The van der Waals surface area contributed by atoms with Gasteiger partial charge in [0.15, 0.2) is 23.1 Å². The quantitative estimate of drug-likeness (QED) is 0.0432. The lowest BCUT2D eigenvalue weighted by Crippen LogP contribution is -2.16. The SMILES string of the molecule is C.C.C.COc1ccc(C(=O)c2ccc(OS(=O)(=O)Oc3ccc(C(=O)c4ccc(OS(C)(=O)=O)cc4)cc3)cc2)cc1.O=C(c1ccc(O)cc1)c1ccc(O)cc1.O=C(c1ccc(OS(=O)(=O)F)cc1)c1ccc(OS(=O)(=O)F)cc1. The van der Waals surface area contributed by atoms with Crippen LogP contribution < -0.4 is 25.7 Å². The second kappa shape index (κ2) is 29.3. The molecule has 0 saturated carbocycles. The Labute approximate surface area is 479 Å². The van der Waals surface area contributed by atoms with E-state index in [0.29, 0.717) is 28.0 Å². The van der Waals surface area contributed by atoms with Crippen LogP contribution in [0, 0.1) is 0 Å². The summed E-state index contributed by atoms with van der Waals surface area (Å²) in [7, 11) is -17.0. The van der Waals surface area contributed by atoms with Crippen LogP contribution in [0.4, 0.5) is 7.77 Å². The molecule has 8 rings (SSSR count). The number of hydrogen-bond donors (Lipinski definition) is 2. The first-order chi connectivity index (χ1) is 37.6. The van der Waals surface area contributed by atoms with E-state index >= 15 is 0 Å². The lowest BCUT2D eigenvalue weighted by molar-refractivity contribution is 0.103.